The molecule has 98 valence electrons. The summed E-state index contributed by atoms with van der Waals surface area (Å²) in [7, 11) is 0. The van der Waals surface area contributed by atoms with Crippen LogP contribution in [0.25, 0.3) is 0 Å². The van der Waals surface area contributed by atoms with Gasteiger partial charge in [-0.2, -0.15) is 4.98 Å². The minimum absolute atomic E-state index is 0.649. The molecule has 4 nitrogen and oxygen atoms in total. The van der Waals surface area contributed by atoms with Crippen molar-refractivity contribution in [2.24, 2.45) is 5.92 Å². The van der Waals surface area contributed by atoms with Gasteiger partial charge in [-0.15, -0.1) is 0 Å². The lowest BCUT2D eigenvalue weighted by atomic mass is 9.94. The van der Waals surface area contributed by atoms with Gasteiger partial charge in [0, 0.05) is 25.2 Å². The number of anilines is 1. The molecule has 1 N–H and O–H groups in total. The number of aromatic nitrogens is 1. The first-order chi connectivity index (χ1) is 8.86. The van der Waals surface area contributed by atoms with E-state index in [9.17, 15) is 0 Å². The molecule has 0 saturated carbocycles. The first-order valence-electron chi connectivity index (χ1n) is 6.95. The average molecular weight is 247 g/mol. The molecule has 1 aromatic heterocycles. The van der Waals surface area contributed by atoms with E-state index < -0.39 is 0 Å². The van der Waals surface area contributed by atoms with Crippen molar-refractivity contribution in [1.29, 1.82) is 0 Å². The first-order valence-corrected chi connectivity index (χ1v) is 6.95. The molecule has 2 unspecified atom stereocenters. The van der Waals surface area contributed by atoms with E-state index in [0.717, 1.165) is 30.7 Å². The molecular formula is C14H21N3O. The maximum Gasteiger partial charge on any atom is 0.215 e. The average Bonchev–Trinajstić information content (AvgIpc) is 2.83. The molecule has 4 heteroatoms. The number of fused-ring (bicyclic) bond motifs is 1. The molecule has 3 heterocycles. The molecule has 0 amide bonds. The Morgan fingerprint density at radius 1 is 1.44 bits per heavy atom. The van der Waals surface area contributed by atoms with E-state index in [1.54, 1.807) is 0 Å². The number of ether oxygens (including phenoxy) is 1. The van der Waals surface area contributed by atoms with Crippen molar-refractivity contribution >= 4 is 5.82 Å². The molecule has 0 bridgehead atoms. The molecule has 0 spiro atoms. The van der Waals surface area contributed by atoms with Crippen LogP contribution in [0.5, 0.6) is 5.88 Å². The monoisotopic (exact) mass is 247 g/mol. The van der Waals surface area contributed by atoms with Crippen molar-refractivity contribution in [3.05, 3.63) is 18.2 Å². The second kappa shape index (κ2) is 5.14. The molecule has 3 rings (SSSR count). The number of rotatable bonds is 3. The summed E-state index contributed by atoms with van der Waals surface area (Å²) in [6.07, 6.45) is 2.65. The molecule has 0 aliphatic carbocycles. The van der Waals surface area contributed by atoms with Crippen LogP contribution in [0.3, 0.4) is 0 Å². The number of nitrogens with zero attached hydrogens (tertiary/aromatic N) is 2. The molecular weight excluding hydrogens is 226 g/mol. The van der Waals surface area contributed by atoms with Crippen molar-refractivity contribution < 1.29 is 4.74 Å². The van der Waals surface area contributed by atoms with Gasteiger partial charge in [-0.3, -0.25) is 0 Å². The van der Waals surface area contributed by atoms with Crippen LogP contribution in [0, 0.1) is 5.92 Å². The van der Waals surface area contributed by atoms with Gasteiger partial charge < -0.3 is 15.0 Å². The van der Waals surface area contributed by atoms with Crippen LogP contribution in [0.1, 0.15) is 19.8 Å². The molecule has 18 heavy (non-hydrogen) atoms. The van der Waals surface area contributed by atoms with Gasteiger partial charge in [0.1, 0.15) is 5.82 Å². The Morgan fingerprint density at radius 2 is 2.39 bits per heavy atom. The highest BCUT2D eigenvalue weighted by Gasteiger charge is 2.34. The van der Waals surface area contributed by atoms with Crippen LogP contribution >= 0.6 is 0 Å². The Balaban J connectivity index is 1.73. The zero-order valence-electron chi connectivity index (χ0n) is 10.9. The van der Waals surface area contributed by atoms with E-state index in [0.29, 0.717) is 12.6 Å². The van der Waals surface area contributed by atoms with Crippen LogP contribution in [0.4, 0.5) is 5.82 Å². The Kier molecular flexibility index (Phi) is 3.37. The molecule has 2 aliphatic heterocycles. The lowest BCUT2D eigenvalue weighted by molar-refractivity contribution is 0.327. The SMILES string of the molecule is CCOc1cccc(N2CC3CCCNC3C2)n1. The Morgan fingerprint density at radius 3 is 3.22 bits per heavy atom. The summed E-state index contributed by atoms with van der Waals surface area (Å²) < 4.78 is 5.47. The van der Waals surface area contributed by atoms with E-state index in [1.807, 2.05) is 19.1 Å². The fourth-order valence-electron chi connectivity index (χ4n) is 3.04. The maximum absolute atomic E-state index is 5.47. The smallest absolute Gasteiger partial charge is 0.215 e. The summed E-state index contributed by atoms with van der Waals surface area (Å²) in [5.41, 5.74) is 0. The molecule has 1 aromatic rings. The van der Waals surface area contributed by atoms with Crippen LogP contribution in [0.15, 0.2) is 18.2 Å². The number of hydrogen-bond donors (Lipinski definition) is 1. The van der Waals surface area contributed by atoms with Crippen molar-refractivity contribution in [2.45, 2.75) is 25.8 Å². The Labute approximate surface area is 108 Å². The number of piperidine rings is 1. The zero-order valence-corrected chi connectivity index (χ0v) is 10.9. The van der Waals surface area contributed by atoms with Gasteiger partial charge in [0.15, 0.2) is 0 Å². The fourth-order valence-corrected chi connectivity index (χ4v) is 3.04. The first kappa shape index (κ1) is 11.8. The minimum atomic E-state index is 0.649. The third kappa shape index (κ3) is 2.29. The van der Waals surface area contributed by atoms with Crippen molar-refractivity contribution in [1.82, 2.24) is 10.3 Å². The van der Waals surface area contributed by atoms with Gasteiger partial charge in [0.2, 0.25) is 5.88 Å². The summed E-state index contributed by atoms with van der Waals surface area (Å²) in [5, 5.41) is 3.62. The zero-order chi connectivity index (χ0) is 12.4. The minimum Gasteiger partial charge on any atom is -0.478 e. The Hall–Kier alpha value is -1.29. The summed E-state index contributed by atoms with van der Waals surface area (Å²) in [4.78, 5) is 6.96. The van der Waals surface area contributed by atoms with Crippen LogP contribution in [0.2, 0.25) is 0 Å². The lowest BCUT2D eigenvalue weighted by Gasteiger charge is -2.24. The quantitative estimate of drug-likeness (QED) is 0.881. The Bertz CT molecular complexity index is 396. The summed E-state index contributed by atoms with van der Waals surface area (Å²) >= 11 is 0. The van der Waals surface area contributed by atoms with Gasteiger partial charge >= 0.3 is 0 Å². The number of nitrogens with one attached hydrogen (secondary N) is 1. The predicted molar refractivity (Wildman–Crippen MR) is 72.1 cm³/mol. The van der Waals surface area contributed by atoms with Gasteiger partial charge in [-0.25, -0.2) is 0 Å². The normalized spacial score (nSPS) is 27.1. The van der Waals surface area contributed by atoms with Crippen molar-refractivity contribution in [3.8, 4) is 5.88 Å². The molecule has 0 aromatic carbocycles. The van der Waals surface area contributed by atoms with Crippen molar-refractivity contribution in [2.75, 3.05) is 31.1 Å². The summed E-state index contributed by atoms with van der Waals surface area (Å²) in [6.45, 7) is 6.03. The van der Waals surface area contributed by atoms with E-state index >= 15 is 0 Å². The van der Waals surface area contributed by atoms with Gasteiger partial charge in [-0.05, 0) is 38.3 Å². The summed E-state index contributed by atoms with van der Waals surface area (Å²) in [6, 6.07) is 6.69. The fraction of sp³-hybridized carbons (Fsp3) is 0.643. The molecule has 2 atom stereocenters. The molecule has 2 fully saturated rings. The van der Waals surface area contributed by atoms with Crippen molar-refractivity contribution in [3.63, 3.8) is 0 Å². The standard InChI is InChI=1S/C14H21N3O/c1-2-18-14-7-3-6-13(16-14)17-9-11-5-4-8-15-12(11)10-17/h3,6-7,11-12,15H,2,4-5,8-10H2,1H3. The van der Waals surface area contributed by atoms with Crippen LogP contribution in [-0.2, 0) is 0 Å². The van der Waals surface area contributed by atoms with Gasteiger partial charge in [0.05, 0.1) is 6.61 Å². The van der Waals surface area contributed by atoms with Gasteiger partial charge in [-0.1, -0.05) is 6.07 Å². The second-order valence-corrected chi connectivity index (χ2v) is 5.13. The number of hydrogen-bond acceptors (Lipinski definition) is 4. The summed E-state index contributed by atoms with van der Waals surface area (Å²) in [5.74, 6) is 2.58. The maximum atomic E-state index is 5.47. The second-order valence-electron chi connectivity index (χ2n) is 5.13. The largest absolute Gasteiger partial charge is 0.478 e. The van der Waals surface area contributed by atoms with Crippen LogP contribution < -0.4 is 15.0 Å². The lowest BCUT2D eigenvalue weighted by Crippen LogP contribution is -2.40. The number of pyridine rings is 1. The van der Waals surface area contributed by atoms with Crippen LogP contribution in [-0.4, -0.2) is 37.3 Å². The van der Waals surface area contributed by atoms with E-state index in [2.05, 4.69) is 21.3 Å². The predicted octanol–water partition coefficient (Wildman–Crippen LogP) is 1.67. The van der Waals surface area contributed by atoms with Gasteiger partial charge in [0.25, 0.3) is 0 Å². The molecule has 2 saturated heterocycles. The highest BCUT2D eigenvalue weighted by molar-refractivity contribution is 5.42. The third-order valence-corrected chi connectivity index (χ3v) is 3.92. The van der Waals surface area contributed by atoms with E-state index in [-0.39, 0.29) is 0 Å². The highest BCUT2D eigenvalue weighted by Crippen LogP contribution is 2.28. The van der Waals surface area contributed by atoms with E-state index in [1.165, 1.54) is 19.4 Å². The highest BCUT2D eigenvalue weighted by atomic mass is 16.5. The third-order valence-electron chi connectivity index (χ3n) is 3.92. The topological polar surface area (TPSA) is 37.4 Å². The molecule has 2 aliphatic rings. The molecule has 0 radical (unpaired) electrons. The van der Waals surface area contributed by atoms with E-state index in [4.69, 9.17) is 4.74 Å².